The van der Waals surface area contributed by atoms with E-state index in [9.17, 15) is 0 Å². The number of hydrogen-bond acceptors (Lipinski definition) is 4. The van der Waals surface area contributed by atoms with E-state index in [1.165, 1.54) is 0 Å². The maximum Gasteiger partial charge on any atom is 0.410 e. The molecule has 0 fully saturated rings. The summed E-state index contributed by atoms with van der Waals surface area (Å²) in [7, 11) is 4.69. The molecule has 0 saturated heterocycles. The molecular formula is C7H17AlO4. The summed E-state index contributed by atoms with van der Waals surface area (Å²) in [5, 5.41) is 0. The molecule has 0 aromatic carbocycles. The van der Waals surface area contributed by atoms with Crippen molar-refractivity contribution in [2.24, 2.45) is 0 Å². The van der Waals surface area contributed by atoms with Crippen LogP contribution in [-0.4, -0.2) is 50.5 Å². The Morgan fingerprint density at radius 3 is 1.92 bits per heavy atom. The Morgan fingerprint density at radius 1 is 1.08 bits per heavy atom. The summed E-state index contributed by atoms with van der Waals surface area (Å²) in [5.41, 5.74) is 0. The topological polar surface area (TPSA) is 36.9 Å². The zero-order valence-corrected chi connectivity index (χ0v) is 10.3. The first-order chi connectivity index (χ1) is 5.74. The third-order valence-corrected chi connectivity index (χ3v) is 2.17. The highest BCUT2D eigenvalue weighted by atomic mass is 27.1. The van der Waals surface area contributed by atoms with Gasteiger partial charge in [-0.3, -0.25) is 0 Å². The van der Waals surface area contributed by atoms with Crippen LogP contribution in [-0.2, 0) is 18.0 Å². The monoisotopic (exact) mass is 192 g/mol. The van der Waals surface area contributed by atoms with E-state index in [0.717, 1.165) is 29.7 Å². The fourth-order valence-electron chi connectivity index (χ4n) is 0.989. The molecule has 0 bridgehead atoms. The molecule has 5 heteroatoms. The van der Waals surface area contributed by atoms with Crippen LogP contribution in [0.2, 0.25) is 0 Å². The molecule has 12 heavy (non-hydrogen) atoms. The van der Waals surface area contributed by atoms with Gasteiger partial charge in [-0.05, 0) is 6.42 Å². The van der Waals surface area contributed by atoms with E-state index in [2.05, 4.69) is 0 Å². The van der Waals surface area contributed by atoms with Crippen LogP contribution >= 0.6 is 0 Å². The van der Waals surface area contributed by atoms with Crippen LogP contribution in [0.15, 0.2) is 0 Å². The molecule has 0 aliphatic heterocycles. The third-order valence-electron chi connectivity index (χ3n) is 1.76. The van der Waals surface area contributed by atoms with Crippen molar-refractivity contribution in [2.45, 2.75) is 18.8 Å². The maximum absolute atomic E-state index is 5.09. The van der Waals surface area contributed by atoms with E-state index in [1.54, 1.807) is 21.3 Å². The van der Waals surface area contributed by atoms with Crippen LogP contribution in [0.3, 0.4) is 0 Å². The Bertz CT molecular complexity index is 97.3. The second-order valence-corrected chi connectivity index (χ2v) is 2.97. The minimum Gasteiger partial charge on any atom is -0.506 e. The Balaban J connectivity index is 3.76. The maximum atomic E-state index is 5.09. The number of hydrogen-bond donors (Lipinski definition) is 0. The van der Waals surface area contributed by atoms with Crippen molar-refractivity contribution in [2.75, 3.05) is 27.9 Å². The van der Waals surface area contributed by atoms with Crippen molar-refractivity contribution in [1.82, 2.24) is 0 Å². The summed E-state index contributed by atoms with van der Waals surface area (Å²) in [6.45, 7) is 0.740. The molecule has 0 saturated carbocycles. The first-order valence-corrected chi connectivity index (χ1v) is 4.70. The fraction of sp³-hybridized carbons (Fsp3) is 1.00. The molecule has 0 aromatic heterocycles. The lowest BCUT2D eigenvalue weighted by Crippen LogP contribution is -2.36. The van der Waals surface area contributed by atoms with Crippen LogP contribution in [0.1, 0.15) is 12.8 Å². The second-order valence-electron chi connectivity index (χ2n) is 2.39. The van der Waals surface area contributed by atoms with Crippen LogP contribution in [0.5, 0.6) is 0 Å². The van der Waals surface area contributed by atoms with E-state index in [4.69, 9.17) is 18.0 Å². The largest absolute Gasteiger partial charge is 0.506 e. The molecule has 0 rings (SSSR count). The van der Waals surface area contributed by atoms with E-state index < -0.39 is 5.97 Å². The molecule has 0 N–H and O–H groups in total. The average Bonchev–Trinajstić information content (AvgIpc) is 2.14. The molecular weight excluding hydrogens is 175 g/mol. The van der Waals surface area contributed by atoms with Crippen LogP contribution in [0.4, 0.5) is 0 Å². The molecule has 0 aliphatic rings. The smallest absolute Gasteiger partial charge is 0.410 e. The first kappa shape index (κ1) is 12.4. The molecule has 0 amide bonds. The van der Waals surface area contributed by atoms with Crippen molar-refractivity contribution in [3.05, 3.63) is 0 Å². The minimum atomic E-state index is -0.889. The van der Waals surface area contributed by atoms with Gasteiger partial charge < -0.3 is 18.0 Å². The molecule has 0 atom stereocenters. The Morgan fingerprint density at radius 2 is 1.58 bits per heavy atom. The molecule has 0 unspecified atom stereocenters. The summed E-state index contributed by atoms with van der Waals surface area (Å²) in [5.74, 6) is -0.889. The van der Waals surface area contributed by atoms with Crippen molar-refractivity contribution in [1.29, 1.82) is 0 Å². The first-order valence-electron chi connectivity index (χ1n) is 3.89. The summed E-state index contributed by atoms with van der Waals surface area (Å²) >= 11 is 0.772. The molecule has 0 heterocycles. The van der Waals surface area contributed by atoms with Gasteiger partial charge in [-0.25, -0.2) is 0 Å². The lowest BCUT2D eigenvalue weighted by atomic mass is 10.3. The van der Waals surface area contributed by atoms with E-state index >= 15 is 0 Å². The van der Waals surface area contributed by atoms with Gasteiger partial charge in [0, 0.05) is 34.4 Å². The highest BCUT2D eigenvalue weighted by molar-refractivity contribution is 5.97. The van der Waals surface area contributed by atoms with Crippen LogP contribution in [0, 0.1) is 0 Å². The molecule has 0 aliphatic carbocycles. The van der Waals surface area contributed by atoms with Gasteiger partial charge >= 0.3 is 16.6 Å². The zero-order chi connectivity index (χ0) is 9.45. The Hall–Kier alpha value is 0.372. The summed E-state index contributed by atoms with van der Waals surface area (Å²) in [4.78, 5) is 0. The highest BCUT2D eigenvalue weighted by Crippen LogP contribution is 2.18. The Labute approximate surface area is 81.9 Å². The quantitative estimate of drug-likeness (QED) is 0.321. The van der Waals surface area contributed by atoms with Crippen molar-refractivity contribution >= 4 is 16.6 Å². The van der Waals surface area contributed by atoms with Crippen molar-refractivity contribution < 1.29 is 18.0 Å². The van der Waals surface area contributed by atoms with E-state index in [1.807, 2.05) is 0 Å². The van der Waals surface area contributed by atoms with E-state index in [0.29, 0.717) is 6.42 Å². The normalized spacial score (nSPS) is 11.9. The predicted molar refractivity (Wildman–Crippen MR) is 47.5 cm³/mol. The summed E-state index contributed by atoms with van der Waals surface area (Å²) in [6, 6.07) is 0. The van der Waals surface area contributed by atoms with Gasteiger partial charge in [-0.15, -0.1) is 0 Å². The molecule has 72 valence electrons. The van der Waals surface area contributed by atoms with Gasteiger partial charge in [0.05, 0.1) is 0 Å². The summed E-state index contributed by atoms with van der Waals surface area (Å²) < 4.78 is 20.3. The zero-order valence-electron chi connectivity index (χ0n) is 8.25. The van der Waals surface area contributed by atoms with Crippen LogP contribution < -0.4 is 0 Å². The Kier molecular flexibility index (Phi) is 7.05. The number of ether oxygens (including phenoxy) is 3. The van der Waals surface area contributed by atoms with E-state index in [-0.39, 0.29) is 0 Å². The predicted octanol–water partition coefficient (Wildman–Crippen LogP) is -0.0757. The third kappa shape index (κ3) is 3.86. The SMILES string of the molecule is COC(CCC[O][AlH2])(OC)OC. The van der Waals surface area contributed by atoms with Gasteiger partial charge in [0.1, 0.15) is 0 Å². The van der Waals surface area contributed by atoms with Crippen molar-refractivity contribution in [3.63, 3.8) is 0 Å². The lowest BCUT2D eigenvalue weighted by Gasteiger charge is -2.28. The van der Waals surface area contributed by atoms with Crippen molar-refractivity contribution in [3.8, 4) is 0 Å². The highest BCUT2D eigenvalue weighted by Gasteiger charge is 2.28. The average molecular weight is 192 g/mol. The van der Waals surface area contributed by atoms with Gasteiger partial charge in [0.25, 0.3) is 5.97 Å². The second kappa shape index (κ2) is 6.84. The summed E-state index contributed by atoms with van der Waals surface area (Å²) in [6.07, 6.45) is 1.55. The van der Waals surface area contributed by atoms with Gasteiger partial charge in [0.2, 0.25) is 0 Å². The van der Waals surface area contributed by atoms with Gasteiger partial charge in [0.15, 0.2) is 0 Å². The minimum absolute atomic E-state index is 0.679. The number of methoxy groups -OCH3 is 3. The van der Waals surface area contributed by atoms with Gasteiger partial charge in [-0.1, -0.05) is 0 Å². The standard InChI is InChI=1S/C7H15O4.Al.2H/c1-9-7(10-2,11-3)5-4-6-8;;;/h4-6H2,1-3H3;;;/q-1;+1;;. The van der Waals surface area contributed by atoms with Crippen LogP contribution in [0.25, 0.3) is 0 Å². The molecule has 0 aromatic rings. The molecule has 4 nitrogen and oxygen atoms in total. The fourth-order valence-corrected chi connectivity index (χ4v) is 1.28. The molecule has 0 spiro atoms. The lowest BCUT2D eigenvalue weighted by molar-refractivity contribution is -0.355. The number of rotatable bonds is 7. The van der Waals surface area contributed by atoms with Gasteiger partial charge in [-0.2, -0.15) is 0 Å². The molecule has 0 radical (unpaired) electrons.